The van der Waals surface area contributed by atoms with Gasteiger partial charge >= 0.3 is 0 Å². The molecule has 1 aromatic heterocycles. The van der Waals surface area contributed by atoms with E-state index in [1.54, 1.807) is 18.2 Å². The SMILES string of the molecule is N#Cc1ccc(CNc2ccc(S(N)(=O)=O)cc2Br)o1. The summed E-state index contributed by atoms with van der Waals surface area (Å²) in [6.07, 6.45) is 0. The molecule has 0 atom stereocenters. The van der Waals surface area contributed by atoms with Crippen LogP contribution in [0.15, 0.2) is 44.1 Å². The van der Waals surface area contributed by atoms with Crippen LogP contribution in [0.5, 0.6) is 0 Å². The van der Waals surface area contributed by atoms with Gasteiger partial charge in [-0.2, -0.15) is 5.26 Å². The molecular weight excluding hydrogens is 346 g/mol. The Morgan fingerprint density at radius 2 is 2.10 bits per heavy atom. The van der Waals surface area contributed by atoms with Gasteiger partial charge in [0.2, 0.25) is 15.8 Å². The fourth-order valence-corrected chi connectivity index (χ4v) is 2.74. The predicted molar refractivity (Wildman–Crippen MR) is 76.3 cm³/mol. The van der Waals surface area contributed by atoms with Crippen molar-refractivity contribution in [2.24, 2.45) is 5.14 Å². The van der Waals surface area contributed by atoms with E-state index in [0.29, 0.717) is 22.5 Å². The Hall–Kier alpha value is -1.82. The van der Waals surface area contributed by atoms with Crippen LogP contribution in [-0.4, -0.2) is 8.42 Å². The van der Waals surface area contributed by atoms with Crippen LogP contribution in [0, 0.1) is 11.3 Å². The summed E-state index contributed by atoms with van der Waals surface area (Å²) in [7, 11) is -3.72. The minimum absolute atomic E-state index is 0.0275. The minimum Gasteiger partial charge on any atom is -0.449 e. The zero-order valence-corrected chi connectivity index (χ0v) is 12.5. The molecule has 1 aromatic carbocycles. The first-order chi connectivity index (χ1) is 9.40. The minimum atomic E-state index is -3.72. The molecule has 104 valence electrons. The molecule has 20 heavy (non-hydrogen) atoms. The average molecular weight is 356 g/mol. The number of nitrogens with one attached hydrogen (secondary N) is 1. The number of halogens is 1. The Bertz CT molecular complexity index is 777. The van der Waals surface area contributed by atoms with E-state index < -0.39 is 10.0 Å². The third-order valence-corrected chi connectivity index (χ3v) is 4.06. The Morgan fingerprint density at radius 3 is 2.65 bits per heavy atom. The molecule has 0 amide bonds. The van der Waals surface area contributed by atoms with Crippen LogP contribution in [0.4, 0.5) is 5.69 Å². The second kappa shape index (κ2) is 5.66. The highest BCUT2D eigenvalue weighted by Crippen LogP contribution is 2.25. The van der Waals surface area contributed by atoms with Gasteiger partial charge in [-0.05, 0) is 46.3 Å². The molecule has 2 aromatic rings. The highest BCUT2D eigenvalue weighted by Gasteiger charge is 2.10. The molecule has 2 rings (SSSR count). The number of anilines is 1. The summed E-state index contributed by atoms with van der Waals surface area (Å²) in [6, 6.07) is 9.59. The average Bonchev–Trinajstić information content (AvgIpc) is 2.84. The number of nitrogens with zero attached hydrogens (tertiary/aromatic N) is 1. The number of primary sulfonamides is 1. The zero-order chi connectivity index (χ0) is 14.8. The van der Waals surface area contributed by atoms with Crippen molar-refractivity contribution >= 4 is 31.6 Å². The van der Waals surface area contributed by atoms with Crippen molar-refractivity contribution in [3.63, 3.8) is 0 Å². The van der Waals surface area contributed by atoms with Gasteiger partial charge in [-0.15, -0.1) is 0 Å². The topological polar surface area (TPSA) is 109 Å². The number of nitrogens with two attached hydrogens (primary N) is 1. The molecule has 0 unspecified atom stereocenters. The maximum absolute atomic E-state index is 11.2. The first-order valence-corrected chi connectivity index (χ1v) is 7.79. The third kappa shape index (κ3) is 3.39. The molecule has 3 N–H and O–H groups in total. The first-order valence-electron chi connectivity index (χ1n) is 5.45. The largest absolute Gasteiger partial charge is 0.449 e. The summed E-state index contributed by atoms with van der Waals surface area (Å²) in [5, 5.41) is 16.8. The monoisotopic (exact) mass is 355 g/mol. The number of sulfonamides is 1. The number of hydrogen-bond acceptors (Lipinski definition) is 5. The van der Waals surface area contributed by atoms with Crippen molar-refractivity contribution in [1.82, 2.24) is 0 Å². The van der Waals surface area contributed by atoms with Crippen LogP contribution < -0.4 is 10.5 Å². The molecule has 0 saturated carbocycles. The highest BCUT2D eigenvalue weighted by atomic mass is 79.9. The van der Waals surface area contributed by atoms with Crippen molar-refractivity contribution in [3.05, 3.63) is 46.3 Å². The van der Waals surface area contributed by atoms with Gasteiger partial charge in [0.1, 0.15) is 11.8 Å². The van der Waals surface area contributed by atoms with E-state index in [4.69, 9.17) is 14.8 Å². The molecule has 1 heterocycles. The number of furan rings is 1. The maximum Gasteiger partial charge on any atom is 0.238 e. The number of hydrogen-bond donors (Lipinski definition) is 2. The zero-order valence-electron chi connectivity index (χ0n) is 10.1. The summed E-state index contributed by atoms with van der Waals surface area (Å²) in [5.41, 5.74) is 0.687. The molecule has 0 aliphatic carbocycles. The molecular formula is C12H10BrN3O3S. The first kappa shape index (κ1) is 14.6. The van der Waals surface area contributed by atoms with E-state index in [2.05, 4.69) is 21.2 Å². The lowest BCUT2D eigenvalue weighted by atomic mass is 10.3. The molecule has 0 fully saturated rings. The summed E-state index contributed by atoms with van der Waals surface area (Å²) in [4.78, 5) is 0.0275. The van der Waals surface area contributed by atoms with E-state index in [1.165, 1.54) is 12.1 Å². The van der Waals surface area contributed by atoms with Crippen LogP contribution in [0.1, 0.15) is 11.5 Å². The van der Waals surface area contributed by atoms with Crippen molar-refractivity contribution in [2.45, 2.75) is 11.4 Å². The molecule has 0 aliphatic heterocycles. The van der Waals surface area contributed by atoms with Crippen LogP contribution in [0.25, 0.3) is 0 Å². The van der Waals surface area contributed by atoms with Crippen molar-refractivity contribution in [1.29, 1.82) is 5.26 Å². The van der Waals surface area contributed by atoms with Gasteiger partial charge < -0.3 is 9.73 Å². The lowest BCUT2D eigenvalue weighted by Crippen LogP contribution is -2.12. The highest BCUT2D eigenvalue weighted by molar-refractivity contribution is 9.10. The Kier molecular flexibility index (Phi) is 4.13. The van der Waals surface area contributed by atoms with Gasteiger partial charge in [0.05, 0.1) is 11.4 Å². The summed E-state index contributed by atoms with van der Waals surface area (Å²) in [6.45, 7) is 0.370. The van der Waals surface area contributed by atoms with Crippen LogP contribution in [-0.2, 0) is 16.6 Å². The maximum atomic E-state index is 11.2. The Balaban J connectivity index is 2.13. The van der Waals surface area contributed by atoms with Crippen molar-refractivity contribution in [3.8, 4) is 6.07 Å². The van der Waals surface area contributed by atoms with Gasteiger partial charge in [-0.3, -0.25) is 0 Å². The van der Waals surface area contributed by atoms with Crippen molar-refractivity contribution in [2.75, 3.05) is 5.32 Å². The standard InChI is InChI=1S/C12H10BrN3O3S/c13-11-5-10(20(15,17)18)3-4-12(11)16-7-9-2-1-8(6-14)19-9/h1-5,16H,7H2,(H2,15,17,18). The molecule has 0 bridgehead atoms. The number of benzene rings is 1. The van der Waals surface area contributed by atoms with Gasteiger partial charge in [0.15, 0.2) is 0 Å². The second-order valence-electron chi connectivity index (χ2n) is 3.92. The van der Waals surface area contributed by atoms with Crippen molar-refractivity contribution < 1.29 is 12.8 Å². The lowest BCUT2D eigenvalue weighted by Gasteiger charge is -2.08. The van der Waals surface area contributed by atoms with Crippen LogP contribution >= 0.6 is 15.9 Å². The van der Waals surface area contributed by atoms with E-state index in [0.717, 1.165) is 0 Å². The Labute approximate surface area is 124 Å². The predicted octanol–water partition coefficient (Wildman–Crippen LogP) is 2.17. The lowest BCUT2D eigenvalue weighted by molar-refractivity contribution is 0.506. The van der Waals surface area contributed by atoms with Crippen LogP contribution in [0.2, 0.25) is 0 Å². The molecule has 6 nitrogen and oxygen atoms in total. The van der Waals surface area contributed by atoms with E-state index >= 15 is 0 Å². The quantitative estimate of drug-likeness (QED) is 0.873. The fourth-order valence-electron chi connectivity index (χ4n) is 1.53. The summed E-state index contributed by atoms with van der Waals surface area (Å²) < 4.78 is 28.2. The van der Waals surface area contributed by atoms with Gasteiger partial charge in [0, 0.05) is 10.2 Å². The number of rotatable bonds is 4. The van der Waals surface area contributed by atoms with Gasteiger partial charge in [0.25, 0.3) is 0 Å². The molecule has 0 radical (unpaired) electrons. The molecule has 8 heteroatoms. The van der Waals surface area contributed by atoms with Gasteiger partial charge in [-0.1, -0.05) is 0 Å². The summed E-state index contributed by atoms with van der Waals surface area (Å²) in [5.74, 6) is 0.842. The normalized spacial score (nSPS) is 11.1. The van der Waals surface area contributed by atoms with E-state index in [1.807, 2.05) is 6.07 Å². The molecule has 0 aliphatic rings. The van der Waals surface area contributed by atoms with Crippen LogP contribution in [0.3, 0.4) is 0 Å². The number of nitriles is 1. The van der Waals surface area contributed by atoms with E-state index in [9.17, 15) is 8.42 Å². The van der Waals surface area contributed by atoms with E-state index in [-0.39, 0.29) is 10.7 Å². The third-order valence-electron chi connectivity index (χ3n) is 2.49. The van der Waals surface area contributed by atoms with Gasteiger partial charge in [-0.25, -0.2) is 13.6 Å². The molecule has 0 spiro atoms. The second-order valence-corrected chi connectivity index (χ2v) is 6.33. The smallest absolute Gasteiger partial charge is 0.238 e. The molecule has 0 saturated heterocycles. The summed E-state index contributed by atoms with van der Waals surface area (Å²) >= 11 is 3.27. The Morgan fingerprint density at radius 1 is 1.35 bits per heavy atom. The fraction of sp³-hybridized carbons (Fsp3) is 0.0833.